The Morgan fingerprint density at radius 3 is 3.28 bits per heavy atom. The normalized spacial score (nSPS) is 20.6. The predicted molar refractivity (Wildman–Crippen MR) is 77.9 cm³/mol. The zero-order valence-corrected chi connectivity index (χ0v) is 12.5. The Morgan fingerprint density at radius 1 is 1.56 bits per heavy atom. The summed E-state index contributed by atoms with van der Waals surface area (Å²) < 4.78 is 6.71. The van der Waals surface area contributed by atoms with Crippen molar-refractivity contribution < 1.29 is 4.74 Å². The lowest BCUT2D eigenvalue weighted by Crippen LogP contribution is -2.47. The van der Waals surface area contributed by atoms with Gasteiger partial charge in [0.1, 0.15) is 12.1 Å². The highest BCUT2D eigenvalue weighted by molar-refractivity contribution is 9.09. The SMILES string of the molecule is Cc1csc2c(N3CCOCC3CBr)ncnc12. The summed E-state index contributed by atoms with van der Waals surface area (Å²) in [5.41, 5.74) is 2.30. The number of halogens is 1. The van der Waals surface area contributed by atoms with Gasteiger partial charge in [-0.05, 0) is 17.9 Å². The van der Waals surface area contributed by atoms with Crippen molar-refractivity contribution in [3.8, 4) is 0 Å². The van der Waals surface area contributed by atoms with Gasteiger partial charge in [0.25, 0.3) is 0 Å². The Hall–Kier alpha value is -0.720. The summed E-state index contributed by atoms with van der Waals surface area (Å²) in [6.07, 6.45) is 1.66. The number of thiophene rings is 1. The van der Waals surface area contributed by atoms with Crippen molar-refractivity contribution in [1.82, 2.24) is 9.97 Å². The van der Waals surface area contributed by atoms with Crippen molar-refractivity contribution in [3.63, 3.8) is 0 Å². The molecule has 6 heteroatoms. The second kappa shape index (κ2) is 5.11. The van der Waals surface area contributed by atoms with Crippen LogP contribution >= 0.6 is 27.3 Å². The number of nitrogens with zero attached hydrogens (tertiary/aromatic N) is 3. The van der Waals surface area contributed by atoms with E-state index in [1.165, 1.54) is 10.3 Å². The van der Waals surface area contributed by atoms with Gasteiger partial charge in [-0.2, -0.15) is 0 Å². The lowest BCUT2D eigenvalue weighted by molar-refractivity contribution is 0.100. The number of aryl methyl sites for hydroxylation is 1. The molecule has 3 rings (SSSR count). The third kappa shape index (κ3) is 2.02. The molecule has 2 aromatic heterocycles. The van der Waals surface area contributed by atoms with Crippen LogP contribution in [0.1, 0.15) is 5.56 Å². The molecule has 0 N–H and O–H groups in total. The van der Waals surface area contributed by atoms with Crippen LogP contribution in [0.2, 0.25) is 0 Å². The van der Waals surface area contributed by atoms with Crippen LogP contribution in [0.5, 0.6) is 0 Å². The maximum absolute atomic E-state index is 5.53. The van der Waals surface area contributed by atoms with E-state index in [0.29, 0.717) is 6.04 Å². The zero-order chi connectivity index (χ0) is 12.5. The third-order valence-corrected chi connectivity index (χ3v) is 5.02. The van der Waals surface area contributed by atoms with Crippen LogP contribution < -0.4 is 4.90 Å². The lowest BCUT2D eigenvalue weighted by Gasteiger charge is -2.35. The van der Waals surface area contributed by atoms with Crippen molar-refractivity contribution in [2.45, 2.75) is 13.0 Å². The van der Waals surface area contributed by atoms with E-state index in [-0.39, 0.29) is 0 Å². The molecule has 0 aliphatic carbocycles. The number of anilines is 1. The fourth-order valence-corrected chi connectivity index (χ4v) is 3.77. The Kier molecular flexibility index (Phi) is 3.50. The molecule has 1 atom stereocenters. The molecule has 1 saturated heterocycles. The van der Waals surface area contributed by atoms with E-state index in [1.54, 1.807) is 17.7 Å². The fourth-order valence-electron chi connectivity index (χ4n) is 2.22. The molecule has 0 bridgehead atoms. The van der Waals surface area contributed by atoms with Crippen LogP contribution in [-0.2, 0) is 4.74 Å². The number of alkyl halides is 1. The minimum Gasteiger partial charge on any atom is -0.377 e. The average Bonchev–Trinajstić information content (AvgIpc) is 2.81. The molecular weight excluding hydrogens is 314 g/mol. The topological polar surface area (TPSA) is 38.2 Å². The molecule has 1 aliphatic rings. The van der Waals surface area contributed by atoms with Gasteiger partial charge in [0.05, 0.1) is 29.5 Å². The maximum atomic E-state index is 5.53. The zero-order valence-electron chi connectivity index (χ0n) is 10.1. The smallest absolute Gasteiger partial charge is 0.150 e. The largest absolute Gasteiger partial charge is 0.377 e. The first-order valence-electron chi connectivity index (χ1n) is 5.90. The van der Waals surface area contributed by atoms with E-state index in [0.717, 1.165) is 36.4 Å². The summed E-state index contributed by atoms with van der Waals surface area (Å²) in [6, 6.07) is 0.347. The number of hydrogen-bond acceptors (Lipinski definition) is 5. The van der Waals surface area contributed by atoms with Gasteiger partial charge < -0.3 is 9.64 Å². The predicted octanol–water partition coefficient (Wildman–Crippen LogP) is 2.60. The van der Waals surface area contributed by atoms with E-state index in [1.807, 2.05) is 0 Å². The number of rotatable bonds is 2. The molecule has 0 amide bonds. The number of ether oxygens (including phenoxy) is 1. The van der Waals surface area contributed by atoms with Gasteiger partial charge in [-0.15, -0.1) is 11.3 Å². The molecule has 1 fully saturated rings. The summed E-state index contributed by atoms with van der Waals surface area (Å²) in [5, 5.41) is 3.04. The van der Waals surface area contributed by atoms with Crippen molar-refractivity contribution in [1.29, 1.82) is 0 Å². The van der Waals surface area contributed by atoms with Gasteiger partial charge in [-0.25, -0.2) is 9.97 Å². The molecule has 2 aromatic rings. The Morgan fingerprint density at radius 2 is 2.44 bits per heavy atom. The summed E-state index contributed by atoms with van der Waals surface area (Å²) in [7, 11) is 0. The van der Waals surface area contributed by atoms with Crippen molar-refractivity contribution in [2.24, 2.45) is 0 Å². The van der Waals surface area contributed by atoms with Crippen molar-refractivity contribution >= 4 is 43.3 Å². The fraction of sp³-hybridized carbons (Fsp3) is 0.500. The maximum Gasteiger partial charge on any atom is 0.150 e. The van der Waals surface area contributed by atoms with Crippen LogP contribution in [0.25, 0.3) is 10.2 Å². The van der Waals surface area contributed by atoms with Gasteiger partial charge in [0, 0.05) is 11.9 Å². The average molecular weight is 328 g/mol. The second-order valence-electron chi connectivity index (χ2n) is 4.37. The highest BCUT2D eigenvalue weighted by atomic mass is 79.9. The van der Waals surface area contributed by atoms with Crippen molar-refractivity contribution in [2.75, 3.05) is 30.0 Å². The first kappa shape index (κ1) is 12.3. The van der Waals surface area contributed by atoms with E-state index in [9.17, 15) is 0 Å². The molecule has 0 radical (unpaired) electrons. The lowest BCUT2D eigenvalue weighted by atomic mass is 10.2. The Balaban J connectivity index is 2.07. The van der Waals surface area contributed by atoms with Gasteiger partial charge in [0.15, 0.2) is 0 Å². The molecule has 0 spiro atoms. The molecule has 1 aliphatic heterocycles. The molecule has 0 aromatic carbocycles. The summed E-state index contributed by atoms with van der Waals surface area (Å²) >= 11 is 5.28. The quantitative estimate of drug-likeness (QED) is 0.795. The van der Waals surface area contributed by atoms with Gasteiger partial charge in [-0.1, -0.05) is 15.9 Å². The first-order valence-corrected chi connectivity index (χ1v) is 7.90. The third-order valence-electron chi connectivity index (χ3n) is 3.19. The minimum absolute atomic E-state index is 0.347. The molecule has 18 heavy (non-hydrogen) atoms. The van der Waals surface area contributed by atoms with Crippen LogP contribution in [-0.4, -0.2) is 41.1 Å². The van der Waals surface area contributed by atoms with Crippen molar-refractivity contribution in [3.05, 3.63) is 17.3 Å². The Bertz CT molecular complexity index is 559. The van der Waals surface area contributed by atoms with E-state index >= 15 is 0 Å². The highest BCUT2D eigenvalue weighted by Gasteiger charge is 2.25. The Labute approximate surface area is 118 Å². The number of aromatic nitrogens is 2. The number of hydrogen-bond donors (Lipinski definition) is 0. The summed E-state index contributed by atoms with van der Waals surface area (Å²) in [4.78, 5) is 11.2. The number of fused-ring (bicyclic) bond motifs is 1. The van der Waals surface area contributed by atoms with E-state index in [2.05, 4.69) is 43.1 Å². The van der Waals surface area contributed by atoms with E-state index in [4.69, 9.17) is 4.74 Å². The van der Waals surface area contributed by atoms with Crippen LogP contribution in [0.15, 0.2) is 11.7 Å². The molecule has 3 heterocycles. The van der Waals surface area contributed by atoms with E-state index < -0.39 is 0 Å². The highest BCUT2D eigenvalue weighted by Crippen LogP contribution is 2.32. The monoisotopic (exact) mass is 327 g/mol. The molecule has 4 nitrogen and oxygen atoms in total. The van der Waals surface area contributed by atoms with Crippen LogP contribution in [0, 0.1) is 6.92 Å². The minimum atomic E-state index is 0.347. The summed E-state index contributed by atoms with van der Waals surface area (Å²) in [6.45, 7) is 4.50. The second-order valence-corrected chi connectivity index (χ2v) is 5.90. The molecule has 1 unspecified atom stereocenters. The summed E-state index contributed by atoms with van der Waals surface area (Å²) in [5.74, 6) is 1.05. The number of morpholine rings is 1. The van der Waals surface area contributed by atoms with Crippen LogP contribution in [0.3, 0.4) is 0 Å². The molecule has 0 saturated carbocycles. The van der Waals surface area contributed by atoms with Gasteiger partial charge in [0.2, 0.25) is 0 Å². The van der Waals surface area contributed by atoms with Gasteiger partial charge in [-0.3, -0.25) is 0 Å². The molecule has 96 valence electrons. The van der Waals surface area contributed by atoms with Crippen LogP contribution in [0.4, 0.5) is 5.82 Å². The first-order chi connectivity index (χ1) is 8.81. The standard InChI is InChI=1S/C12H14BrN3OS/c1-8-6-18-11-10(8)14-7-15-12(11)16-2-3-17-5-9(16)4-13/h6-7,9H,2-5H2,1H3. The van der Waals surface area contributed by atoms with Gasteiger partial charge >= 0.3 is 0 Å². The molecular formula is C12H14BrN3OS.